The average molecular weight is 282 g/mol. The Hall–Kier alpha value is -2.93. The molecule has 0 unspecified atom stereocenters. The van der Waals surface area contributed by atoms with Crippen LogP contribution in [-0.4, -0.2) is 20.7 Å². The summed E-state index contributed by atoms with van der Waals surface area (Å²) in [6.07, 6.45) is 3.25. The number of fused-ring (bicyclic) bond motifs is 1. The molecule has 1 amide bonds. The van der Waals surface area contributed by atoms with E-state index in [-0.39, 0.29) is 5.91 Å². The fraction of sp³-hybridized carbons (Fsp3) is 0.0714. The molecule has 7 heteroatoms. The number of rotatable bonds is 3. The molecule has 2 aromatic heterocycles. The number of aromatic nitrogens is 3. The van der Waals surface area contributed by atoms with Gasteiger partial charge in [0.2, 0.25) is 0 Å². The second-order valence-electron chi connectivity index (χ2n) is 4.54. The molecule has 2 heterocycles. The van der Waals surface area contributed by atoms with Gasteiger partial charge < -0.3 is 10.7 Å². The van der Waals surface area contributed by atoms with E-state index >= 15 is 0 Å². The van der Waals surface area contributed by atoms with Gasteiger partial charge >= 0.3 is 0 Å². The van der Waals surface area contributed by atoms with Crippen molar-refractivity contribution in [1.29, 1.82) is 0 Å². The van der Waals surface area contributed by atoms with E-state index in [2.05, 4.69) is 20.8 Å². The van der Waals surface area contributed by atoms with Crippen molar-refractivity contribution in [2.75, 3.05) is 10.7 Å². The third-order valence-electron chi connectivity index (χ3n) is 3.13. The topological polar surface area (TPSA) is 97.9 Å². The predicted molar refractivity (Wildman–Crippen MR) is 80.7 cm³/mol. The van der Waals surface area contributed by atoms with Crippen LogP contribution in [0.4, 0.5) is 11.6 Å². The SMILES string of the molecule is Cn1ccc(NC(=O)c2cnc(NN)c3ccccc23)n1. The summed E-state index contributed by atoms with van der Waals surface area (Å²) in [6, 6.07) is 9.16. The first-order chi connectivity index (χ1) is 10.2. The lowest BCUT2D eigenvalue weighted by Crippen LogP contribution is -2.15. The minimum Gasteiger partial charge on any atom is -0.308 e. The smallest absolute Gasteiger partial charge is 0.259 e. The monoisotopic (exact) mass is 282 g/mol. The minimum atomic E-state index is -0.263. The van der Waals surface area contributed by atoms with Crippen LogP contribution in [0.15, 0.2) is 42.7 Å². The van der Waals surface area contributed by atoms with Crippen molar-refractivity contribution < 1.29 is 4.79 Å². The van der Waals surface area contributed by atoms with Crippen LogP contribution in [0.2, 0.25) is 0 Å². The van der Waals surface area contributed by atoms with Gasteiger partial charge in [0, 0.05) is 30.9 Å². The number of nitrogens with one attached hydrogen (secondary N) is 2. The lowest BCUT2D eigenvalue weighted by Gasteiger charge is -2.09. The van der Waals surface area contributed by atoms with Gasteiger partial charge in [-0.2, -0.15) is 5.10 Å². The molecule has 0 atom stereocenters. The normalized spacial score (nSPS) is 10.6. The molecule has 106 valence electrons. The number of nitrogens with zero attached hydrogens (tertiary/aromatic N) is 3. The Balaban J connectivity index is 2.02. The third kappa shape index (κ3) is 2.41. The molecule has 0 saturated carbocycles. The average Bonchev–Trinajstić information content (AvgIpc) is 2.91. The Morgan fingerprint density at radius 1 is 1.24 bits per heavy atom. The maximum atomic E-state index is 12.4. The van der Waals surface area contributed by atoms with Crippen LogP contribution in [0.1, 0.15) is 10.4 Å². The summed E-state index contributed by atoms with van der Waals surface area (Å²) in [5.74, 6) is 6.20. The van der Waals surface area contributed by atoms with Crippen molar-refractivity contribution in [3.8, 4) is 0 Å². The molecule has 0 bridgehead atoms. The van der Waals surface area contributed by atoms with Gasteiger partial charge in [0.1, 0.15) is 5.82 Å². The van der Waals surface area contributed by atoms with Crippen LogP contribution in [0.3, 0.4) is 0 Å². The molecule has 3 aromatic rings. The minimum absolute atomic E-state index is 0.263. The molecule has 0 spiro atoms. The summed E-state index contributed by atoms with van der Waals surface area (Å²) in [4.78, 5) is 16.6. The largest absolute Gasteiger partial charge is 0.308 e. The van der Waals surface area contributed by atoms with Crippen LogP contribution < -0.4 is 16.6 Å². The fourth-order valence-corrected chi connectivity index (χ4v) is 2.15. The van der Waals surface area contributed by atoms with Crippen molar-refractivity contribution in [1.82, 2.24) is 14.8 Å². The number of pyridine rings is 1. The van der Waals surface area contributed by atoms with Crippen LogP contribution in [0.5, 0.6) is 0 Å². The standard InChI is InChI=1S/C14H14N6O/c1-20-7-6-12(19-20)17-14(21)11-8-16-13(18-15)10-5-3-2-4-9(10)11/h2-8H,15H2,1H3,(H,16,18)(H,17,19,21). The van der Waals surface area contributed by atoms with Gasteiger partial charge in [-0.15, -0.1) is 0 Å². The van der Waals surface area contributed by atoms with Crippen LogP contribution >= 0.6 is 0 Å². The Morgan fingerprint density at radius 2 is 2.00 bits per heavy atom. The molecular weight excluding hydrogens is 268 g/mol. The highest BCUT2D eigenvalue weighted by Crippen LogP contribution is 2.24. The molecule has 0 fully saturated rings. The fourth-order valence-electron chi connectivity index (χ4n) is 2.15. The van der Waals surface area contributed by atoms with Gasteiger partial charge in [-0.3, -0.25) is 9.48 Å². The van der Waals surface area contributed by atoms with Crippen LogP contribution in [0.25, 0.3) is 10.8 Å². The highest BCUT2D eigenvalue weighted by molar-refractivity contribution is 6.13. The summed E-state index contributed by atoms with van der Waals surface area (Å²) in [5, 5.41) is 8.43. The maximum Gasteiger partial charge on any atom is 0.259 e. The number of aryl methyl sites for hydroxylation is 1. The van der Waals surface area contributed by atoms with E-state index in [0.717, 1.165) is 10.8 Å². The highest BCUT2D eigenvalue weighted by Gasteiger charge is 2.14. The molecule has 0 radical (unpaired) electrons. The molecule has 0 aliphatic carbocycles. The van der Waals surface area contributed by atoms with Crippen molar-refractivity contribution in [3.63, 3.8) is 0 Å². The number of benzene rings is 1. The molecule has 0 saturated heterocycles. The zero-order valence-electron chi connectivity index (χ0n) is 11.4. The number of nitrogens with two attached hydrogens (primary N) is 1. The summed E-state index contributed by atoms with van der Waals surface area (Å²) < 4.78 is 1.62. The number of carbonyl (C=O) groups excluding carboxylic acids is 1. The van der Waals surface area contributed by atoms with E-state index in [4.69, 9.17) is 5.84 Å². The van der Waals surface area contributed by atoms with E-state index in [0.29, 0.717) is 17.2 Å². The first-order valence-corrected chi connectivity index (χ1v) is 6.34. The quantitative estimate of drug-likeness (QED) is 0.499. The van der Waals surface area contributed by atoms with E-state index in [1.54, 1.807) is 24.0 Å². The number of hydrazine groups is 1. The number of amides is 1. The van der Waals surface area contributed by atoms with Gasteiger partial charge in [0.15, 0.2) is 5.82 Å². The molecule has 0 aliphatic rings. The van der Waals surface area contributed by atoms with Gasteiger partial charge in [-0.1, -0.05) is 24.3 Å². The lowest BCUT2D eigenvalue weighted by molar-refractivity contribution is 0.102. The number of hydrogen-bond donors (Lipinski definition) is 3. The summed E-state index contributed by atoms with van der Waals surface area (Å²) in [5.41, 5.74) is 3.00. The maximum absolute atomic E-state index is 12.4. The van der Waals surface area contributed by atoms with Crippen LogP contribution in [-0.2, 0) is 7.05 Å². The van der Waals surface area contributed by atoms with Gasteiger partial charge in [0.25, 0.3) is 5.91 Å². The Bertz CT molecular complexity index is 810. The van der Waals surface area contributed by atoms with Crippen molar-refractivity contribution in [3.05, 3.63) is 48.3 Å². The Morgan fingerprint density at radius 3 is 2.67 bits per heavy atom. The van der Waals surface area contributed by atoms with Crippen molar-refractivity contribution in [2.45, 2.75) is 0 Å². The number of nitrogen functional groups attached to an aromatic ring is 1. The van der Waals surface area contributed by atoms with Crippen molar-refractivity contribution in [2.24, 2.45) is 12.9 Å². The highest BCUT2D eigenvalue weighted by atomic mass is 16.1. The van der Waals surface area contributed by atoms with E-state index < -0.39 is 0 Å². The summed E-state index contributed by atoms with van der Waals surface area (Å²) in [7, 11) is 1.79. The van der Waals surface area contributed by atoms with Gasteiger partial charge in [0.05, 0.1) is 5.56 Å². The van der Waals surface area contributed by atoms with E-state index in [9.17, 15) is 4.79 Å². The van der Waals surface area contributed by atoms with E-state index in [1.807, 2.05) is 24.3 Å². The first-order valence-electron chi connectivity index (χ1n) is 6.34. The number of carbonyl (C=O) groups is 1. The second kappa shape index (κ2) is 5.22. The van der Waals surface area contributed by atoms with Crippen LogP contribution in [0, 0.1) is 0 Å². The van der Waals surface area contributed by atoms with Crippen molar-refractivity contribution >= 4 is 28.3 Å². The predicted octanol–water partition coefficient (Wildman–Crippen LogP) is 1.51. The lowest BCUT2D eigenvalue weighted by atomic mass is 10.1. The Labute approximate surface area is 120 Å². The van der Waals surface area contributed by atoms with Gasteiger partial charge in [-0.25, -0.2) is 10.8 Å². The summed E-state index contributed by atoms with van der Waals surface area (Å²) >= 11 is 0. The second-order valence-corrected chi connectivity index (χ2v) is 4.54. The number of anilines is 2. The molecule has 7 nitrogen and oxygen atoms in total. The molecule has 1 aromatic carbocycles. The molecule has 21 heavy (non-hydrogen) atoms. The van der Waals surface area contributed by atoms with Gasteiger partial charge in [-0.05, 0) is 5.39 Å². The number of hydrogen-bond acceptors (Lipinski definition) is 5. The molecule has 4 N–H and O–H groups in total. The Kier molecular flexibility index (Phi) is 3.25. The first kappa shape index (κ1) is 13.1. The zero-order valence-corrected chi connectivity index (χ0v) is 11.4. The molecule has 0 aliphatic heterocycles. The van der Waals surface area contributed by atoms with E-state index in [1.165, 1.54) is 6.20 Å². The molecule has 3 rings (SSSR count). The zero-order chi connectivity index (χ0) is 14.8. The summed E-state index contributed by atoms with van der Waals surface area (Å²) in [6.45, 7) is 0. The third-order valence-corrected chi connectivity index (χ3v) is 3.13. The molecular formula is C14H14N6O.